The van der Waals surface area contributed by atoms with Crippen molar-refractivity contribution in [3.05, 3.63) is 34.8 Å². The van der Waals surface area contributed by atoms with Crippen molar-refractivity contribution in [3.8, 4) is 0 Å². The van der Waals surface area contributed by atoms with Crippen LogP contribution in [0.3, 0.4) is 0 Å². The van der Waals surface area contributed by atoms with E-state index in [0.29, 0.717) is 5.95 Å². The first kappa shape index (κ1) is 10.8. The highest BCUT2D eigenvalue weighted by molar-refractivity contribution is 5.25. The molecule has 1 aromatic heterocycles. The second-order valence-electron chi connectivity index (χ2n) is 3.38. The Kier molecular flexibility index (Phi) is 3.02. The van der Waals surface area contributed by atoms with Gasteiger partial charge in [0.05, 0.1) is 6.61 Å². The van der Waals surface area contributed by atoms with Crippen molar-refractivity contribution in [1.29, 1.82) is 0 Å². The topological polar surface area (TPSA) is 76.4 Å². The van der Waals surface area contributed by atoms with E-state index in [0.717, 1.165) is 0 Å². The number of aliphatic hydroxyl groups excluding tert-OH is 1. The number of rotatable bonds is 3. The molecule has 0 aliphatic carbocycles. The van der Waals surface area contributed by atoms with Crippen LogP contribution in [0.1, 0.15) is 6.23 Å². The van der Waals surface area contributed by atoms with Crippen molar-refractivity contribution in [2.45, 2.75) is 12.3 Å². The molecule has 16 heavy (non-hydrogen) atoms. The molecule has 1 aliphatic rings. The fourth-order valence-corrected chi connectivity index (χ4v) is 1.56. The van der Waals surface area contributed by atoms with Crippen LogP contribution in [0.25, 0.3) is 0 Å². The minimum Gasteiger partial charge on any atom is -0.393 e. The van der Waals surface area contributed by atoms with Crippen LogP contribution in [0.4, 0.5) is 5.95 Å². The number of hydrogen-bond acceptors (Lipinski definition) is 5. The summed E-state index contributed by atoms with van der Waals surface area (Å²) in [5, 5.41) is 11.8. The molecule has 1 aliphatic heterocycles. The minimum absolute atomic E-state index is 0.0600. The highest BCUT2D eigenvalue weighted by Crippen LogP contribution is 2.22. The maximum Gasteiger partial charge on any atom is 0.274 e. The number of anilines is 1. The first-order valence-corrected chi connectivity index (χ1v) is 4.96. The summed E-state index contributed by atoms with van der Waals surface area (Å²) in [7, 11) is 1.68. The van der Waals surface area contributed by atoms with Crippen molar-refractivity contribution >= 4 is 5.95 Å². The Balaban J connectivity index is 2.28. The summed E-state index contributed by atoms with van der Waals surface area (Å²) >= 11 is 0. The van der Waals surface area contributed by atoms with Crippen LogP contribution < -0.4 is 10.9 Å². The van der Waals surface area contributed by atoms with E-state index in [-0.39, 0.29) is 24.5 Å². The predicted molar refractivity (Wildman–Crippen MR) is 58.2 cm³/mol. The number of aliphatic hydroxyl groups is 1. The van der Waals surface area contributed by atoms with E-state index in [9.17, 15) is 4.79 Å². The van der Waals surface area contributed by atoms with Crippen molar-refractivity contribution < 1.29 is 9.84 Å². The van der Waals surface area contributed by atoms with Crippen molar-refractivity contribution in [1.82, 2.24) is 9.55 Å². The van der Waals surface area contributed by atoms with E-state index in [1.54, 1.807) is 23.9 Å². The lowest BCUT2D eigenvalue weighted by Gasteiger charge is -2.18. The summed E-state index contributed by atoms with van der Waals surface area (Å²) in [4.78, 5) is 14.9. The molecule has 2 heterocycles. The van der Waals surface area contributed by atoms with Gasteiger partial charge in [-0.3, -0.25) is 9.36 Å². The van der Waals surface area contributed by atoms with Gasteiger partial charge >= 0.3 is 0 Å². The number of nitrogens with zero attached hydrogens (tertiary/aromatic N) is 2. The number of hydrogen-bond donors (Lipinski definition) is 2. The molecule has 0 amide bonds. The van der Waals surface area contributed by atoms with Crippen molar-refractivity contribution in [2.75, 3.05) is 19.0 Å². The standard InChI is InChI=1S/C10H13N3O3/c1-11-10-12-8(15)4-5-13(10)9-3-2-7(6-14)16-9/h2-5,7,9,14H,6H2,1H3,(H,11,12,15)/t7-,9+/m0/s1. The Morgan fingerprint density at radius 2 is 2.44 bits per heavy atom. The Hall–Kier alpha value is -1.66. The first-order valence-electron chi connectivity index (χ1n) is 4.96. The molecular weight excluding hydrogens is 210 g/mol. The number of aromatic nitrogens is 2. The molecule has 6 heteroatoms. The zero-order valence-electron chi connectivity index (χ0n) is 8.83. The zero-order chi connectivity index (χ0) is 11.5. The van der Waals surface area contributed by atoms with Crippen LogP contribution in [0.2, 0.25) is 0 Å². The molecule has 0 fully saturated rings. The molecule has 0 spiro atoms. The van der Waals surface area contributed by atoms with Gasteiger partial charge in [0.2, 0.25) is 5.95 Å². The van der Waals surface area contributed by atoms with Crippen LogP contribution in [0, 0.1) is 0 Å². The van der Waals surface area contributed by atoms with Gasteiger partial charge in [-0.05, 0) is 6.08 Å². The van der Waals surface area contributed by atoms with Gasteiger partial charge in [-0.15, -0.1) is 0 Å². The zero-order valence-corrected chi connectivity index (χ0v) is 8.83. The molecule has 0 saturated heterocycles. The SMILES string of the molecule is CNc1nc(=O)ccn1[C@H]1C=C[C@@H](CO)O1. The summed E-state index contributed by atoms with van der Waals surface area (Å²) in [5.74, 6) is 0.431. The fraction of sp³-hybridized carbons (Fsp3) is 0.400. The summed E-state index contributed by atoms with van der Waals surface area (Å²) < 4.78 is 7.19. The average molecular weight is 223 g/mol. The molecule has 2 N–H and O–H groups in total. The summed E-state index contributed by atoms with van der Waals surface area (Å²) in [6.45, 7) is -0.0600. The van der Waals surface area contributed by atoms with Gasteiger partial charge in [-0.1, -0.05) is 6.08 Å². The Morgan fingerprint density at radius 3 is 3.06 bits per heavy atom. The number of nitrogens with one attached hydrogen (secondary N) is 1. The third kappa shape index (κ3) is 1.98. The van der Waals surface area contributed by atoms with Crippen LogP contribution in [0.5, 0.6) is 0 Å². The molecule has 0 saturated carbocycles. The predicted octanol–water partition coefficient (Wildman–Crippen LogP) is -0.269. The highest BCUT2D eigenvalue weighted by Gasteiger charge is 2.21. The summed E-state index contributed by atoms with van der Waals surface area (Å²) in [5.41, 5.74) is -0.304. The van der Waals surface area contributed by atoms with Gasteiger partial charge in [-0.25, -0.2) is 0 Å². The molecule has 0 radical (unpaired) electrons. The molecule has 0 aromatic carbocycles. The normalized spacial score (nSPS) is 23.6. The van der Waals surface area contributed by atoms with Crippen LogP contribution >= 0.6 is 0 Å². The Bertz CT molecular complexity index is 455. The largest absolute Gasteiger partial charge is 0.393 e. The lowest BCUT2D eigenvalue weighted by molar-refractivity contribution is -0.00766. The highest BCUT2D eigenvalue weighted by atomic mass is 16.5. The average Bonchev–Trinajstić information content (AvgIpc) is 2.77. The van der Waals surface area contributed by atoms with E-state index in [1.165, 1.54) is 6.07 Å². The molecular formula is C10H13N3O3. The third-order valence-electron chi connectivity index (χ3n) is 2.32. The van der Waals surface area contributed by atoms with Gasteiger partial charge in [-0.2, -0.15) is 4.98 Å². The fourth-order valence-electron chi connectivity index (χ4n) is 1.56. The molecule has 1 aromatic rings. The lowest BCUT2D eigenvalue weighted by Crippen LogP contribution is -2.21. The Labute approximate surface area is 92.2 Å². The second kappa shape index (κ2) is 4.46. The molecule has 2 atom stereocenters. The third-order valence-corrected chi connectivity index (χ3v) is 2.32. The quantitative estimate of drug-likeness (QED) is 0.690. The first-order chi connectivity index (χ1) is 7.74. The van der Waals surface area contributed by atoms with Gasteiger partial charge in [0, 0.05) is 19.3 Å². The van der Waals surface area contributed by atoms with E-state index in [4.69, 9.17) is 9.84 Å². The molecule has 6 nitrogen and oxygen atoms in total. The van der Waals surface area contributed by atoms with Gasteiger partial charge in [0.15, 0.2) is 6.23 Å². The Morgan fingerprint density at radius 1 is 1.62 bits per heavy atom. The van der Waals surface area contributed by atoms with E-state index >= 15 is 0 Å². The lowest BCUT2D eigenvalue weighted by atomic mass is 10.4. The second-order valence-corrected chi connectivity index (χ2v) is 3.38. The van der Waals surface area contributed by atoms with Crippen LogP contribution in [-0.2, 0) is 4.74 Å². The molecule has 86 valence electrons. The van der Waals surface area contributed by atoms with Crippen LogP contribution in [0.15, 0.2) is 29.2 Å². The minimum atomic E-state index is -0.340. The van der Waals surface area contributed by atoms with E-state index in [2.05, 4.69) is 10.3 Å². The van der Waals surface area contributed by atoms with Gasteiger partial charge in [0.1, 0.15) is 6.10 Å². The van der Waals surface area contributed by atoms with E-state index in [1.807, 2.05) is 6.08 Å². The monoisotopic (exact) mass is 223 g/mol. The maximum atomic E-state index is 11.1. The summed E-state index contributed by atoms with van der Waals surface area (Å²) in [6, 6.07) is 1.37. The molecule has 0 unspecified atom stereocenters. The van der Waals surface area contributed by atoms with Gasteiger partial charge in [0.25, 0.3) is 5.56 Å². The maximum absolute atomic E-state index is 11.1. The van der Waals surface area contributed by atoms with Crippen molar-refractivity contribution in [3.63, 3.8) is 0 Å². The van der Waals surface area contributed by atoms with Gasteiger partial charge < -0.3 is 15.2 Å². The smallest absolute Gasteiger partial charge is 0.274 e. The van der Waals surface area contributed by atoms with Crippen molar-refractivity contribution in [2.24, 2.45) is 0 Å². The van der Waals surface area contributed by atoms with E-state index < -0.39 is 0 Å². The number of ether oxygens (including phenoxy) is 1. The molecule has 0 bridgehead atoms. The summed E-state index contributed by atoms with van der Waals surface area (Å²) in [6.07, 6.45) is 4.56. The molecule has 2 rings (SSSR count). The van der Waals surface area contributed by atoms with Crippen LogP contribution in [-0.4, -0.2) is 34.4 Å².